The zero-order chi connectivity index (χ0) is 12.5. The molecule has 3 N–H and O–H groups in total. The summed E-state index contributed by atoms with van der Waals surface area (Å²) in [5.74, 6) is 1.99. The second-order valence-electron chi connectivity index (χ2n) is 5.35. The Morgan fingerprint density at radius 1 is 1.33 bits per heavy atom. The van der Waals surface area contributed by atoms with E-state index in [0.717, 1.165) is 30.7 Å². The molecule has 1 aromatic rings. The summed E-state index contributed by atoms with van der Waals surface area (Å²) in [6.45, 7) is 0. The van der Waals surface area contributed by atoms with E-state index in [0.29, 0.717) is 23.9 Å². The number of hydrogen-bond acceptors (Lipinski definition) is 5. The molecule has 0 bridgehead atoms. The van der Waals surface area contributed by atoms with E-state index in [-0.39, 0.29) is 0 Å². The monoisotopic (exact) mass is 248 g/mol. The minimum absolute atomic E-state index is 0.315. The predicted octanol–water partition coefficient (Wildman–Crippen LogP) is 1.65. The van der Waals surface area contributed by atoms with Gasteiger partial charge in [0.05, 0.1) is 7.11 Å². The van der Waals surface area contributed by atoms with Gasteiger partial charge in [-0.15, -0.1) is 0 Å². The van der Waals surface area contributed by atoms with Crippen LogP contribution in [0.15, 0.2) is 6.20 Å². The molecule has 2 saturated carbocycles. The molecule has 0 spiro atoms. The van der Waals surface area contributed by atoms with Crippen molar-refractivity contribution in [2.75, 3.05) is 12.4 Å². The summed E-state index contributed by atoms with van der Waals surface area (Å²) in [5, 5.41) is 3.35. The summed E-state index contributed by atoms with van der Waals surface area (Å²) in [6.07, 6.45) is 7.52. The van der Waals surface area contributed by atoms with Crippen LogP contribution in [0, 0.1) is 0 Å². The Bertz CT molecular complexity index is 433. The van der Waals surface area contributed by atoms with Crippen molar-refractivity contribution >= 4 is 5.95 Å². The average Bonchev–Trinajstić information content (AvgIpc) is 3.13. The van der Waals surface area contributed by atoms with Crippen LogP contribution >= 0.6 is 0 Å². The van der Waals surface area contributed by atoms with Crippen molar-refractivity contribution in [2.45, 2.75) is 50.1 Å². The minimum atomic E-state index is 0.315. The third-order valence-corrected chi connectivity index (χ3v) is 3.80. The largest absolute Gasteiger partial charge is 0.481 e. The fourth-order valence-corrected chi connectivity index (χ4v) is 2.61. The normalized spacial score (nSPS) is 27.2. The molecule has 0 aliphatic heterocycles. The Balaban J connectivity index is 1.72. The lowest BCUT2D eigenvalue weighted by Crippen LogP contribution is -2.21. The number of hydrogen-bond donors (Lipinski definition) is 2. The molecule has 0 aromatic carbocycles. The molecular formula is C13H20N4O. The maximum absolute atomic E-state index is 5.90. The van der Waals surface area contributed by atoms with Gasteiger partial charge in [-0.1, -0.05) is 0 Å². The van der Waals surface area contributed by atoms with Crippen molar-refractivity contribution < 1.29 is 4.74 Å². The third-order valence-electron chi connectivity index (χ3n) is 3.80. The summed E-state index contributed by atoms with van der Waals surface area (Å²) in [7, 11) is 1.67. The summed E-state index contributed by atoms with van der Waals surface area (Å²) in [6, 6.07) is 0.714. The van der Waals surface area contributed by atoms with E-state index >= 15 is 0 Å². The lowest BCUT2D eigenvalue weighted by molar-refractivity contribution is 0.392. The number of methoxy groups -OCH3 is 1. The minimum Gasteiger partial charge on any atom is -0.481 e. The summed E-state index contributed by atoms with van der Waals surface area (Å²) >= 11 is 0. The molecule has 2 aliphatic carbocycles. The van der Waals surface area contributed by atoms with E-state index in [1.807, 2.05) is 6.20 Å². The standard InChI is InChI=1S/C13H20N4O/c1-18-12-11(8-2-3-8)7-15-13(17-12)16-10-5-4-9(14)6-10/h7-10H,2-6,14H2,1H3,(H,15,16,17)/t9-,10-/m0/s1. The first kappa shape index (κ1) is 11.7. The van der Waals surface area contributed by atoms with Crippen LogP contribution in [-0.2, 0) is 0 Å². The molecule has 5 heteroatoms. The second-order valence-corrected chi connectivity index (χ2v) is 5.35. The van der Waals surface area contributed by atoms with Crippen molar-refractivity contribution in [3.8, 4) is 5.88 Å². The van der Waals surface area contributed by atoms with Crippen molar-refractivity contribution in [2.24, 2.45) is 5.73 Å². The van der Waals surface area contributed by atoms with Crippen LogP contribution in [0.3, 0.4) is 0 Å². The average molecular weight is 248 g/mol. The molecule has 98 valence electrons. The molecule has 1 aromatic heterocycles. The number of aromatic nitrogens is 2. The van der Waals surface area contributed by atoms with Gasteiger partial charge in [0.25, 0.3) is 0 Å². The highest BCUT2D eigenvalue weighted by Gasteiger charge is 2.28. The lowest BCUT2D eigenvalue weighted by atomic mass is 10.2. The van der Waals surface area contributed by atoms with Crippen LogP contribution in [-0.4, -0.2) is 29.2 Å². The first-order valence-electron chi connectivity index (χ1n) is 6.69. The number of nitrogens with zero attached hydrogens (tertiary/aromatic N) is 2. The molecule has 2 atom stereocenters. The third kappa shape index (κ3) is 2.41. The molecule has 2 fully saturated rings. The van der Waals surface area contributed by atoms with E-state index in [2.05, 4.69) is 15.3 Å². The van der Waals surface area contributed by atoms with Gasteiger partial charge in [-0.2, -0.15) is 4.98 Å². The van der Waals surface area contributed by atoms with Gasteiger partial charge in [0.15, 0.2) is 0 Å². The van der Waals surface area contributed by atoms with Crippen molar-refractivity contribution in [1.29, 1.82) is 0 Å². The molecule has 3 rings (SSSR count). The molecular weight excluding hydrogens is 228 g/mol. The van der Waals surface area contributed by atoms with Gasteiger partial charge in [-0.3, -0.25) is 0 Å². The SMILES string of the molecule is COc1nc(N[C@H]2CC[C@H](N)C2)ncc1C1CC1. The molecule has 0 radical (unpaired) electrons. The topological polar surface area (TPSA) is 73.1 Å². The van der Waals surface area contributed by atoms with Gasteiger partial charge in [0, 0.05) is 23.8 Å². The molecule has 18 heavy (non-hydrogen) atoms. The highest BCUT2D eigenvalue weighted by atomic mass is 16.5. The maximum Gasteiger partial charge on any atom is 0.226 e. The van der Waals surface area contributed by atoms with Crippen molar-refractivity contribution in [3.05, 3.63) is 11.8 Å². The number of anilines is 1. The molecule has 2 aliphatic rings. The first-order chi connectivity index (χ1) is 8.76. The van der Waals surface area contributed by atoms with Crippen LogP contribution in [0.25, 0.3) is 0 Å². The zero-order valence-electron chi connectivity index (χ0n) is 10.7. The Hall–Kier alpha value is -1.36. The summed E-state index contributed by atoms with van der Waals surface area (Å²) in [4.78, 5) is 8.85. The summed E-state index contributed by atoms with van der Waals surface area (Å²) < 4.78 is 5.36. The Morgan fingerprint density at radius 2 is 2.17 bits per heavy atom. The fraction of sp³-hybridized carbons (Fsp3) is 0.692. The van der Waals surface area contributed by atoms with E-state index in [9.17, 15) is 0 Å². The highest BCUT2D eigenvalue weighted by molar-refractivity contribution is 5.38. The van der Waals surface area contributed by atoms with E-state index in [1.54, 1.807) is 7.11 Å². The van der Waals surface area contributed by atoms with Crippen LogP contribution in [0.2, 0.25) is 0 Å². The van der Waals surface area contributed by atoms with Crippen LogP contribution < -0.4 is 15.8 Å². The Morgan fingerprint density at radius 3 is 2.78 bits per heavy atom. The number of ether oxygens (including phenoxy) is 1. The van der Waals surface area contributed by atoms with Gasteiger partial charge >= 0.3 is 0 Å². The molecule has 0 unspecified atom stereocenters. The van der Waals surface area contributed by atoms with Gasteiger partial charge in [0.1, 0.15) is 0 Å². The number of nitrogens with one attached hydrogen (secondary N) is 1. The van der Waals surface area contributed by atoms with Crippen molar-refractivity contribution in [3.63, 3.8) is 0 Å². The van der Waals surface area contributed by atoms with Gasteiger partial charge in [-0.05, 0) is 38.0 Å². The lowest BCUT2D eigenvalue weighted by Gasteiger charge is -2.14. The second kappa shape index (κ2) is 4.72. The van der Waals surface area contributed by atoms with Crippen LogP contribution in [0.5, 0.6) is 5.88 Å². The van der Waals surface area contributed by atoms with Gasteiger partial charge in [0.2, 0.25) is 11.8 Å². The Labute approximate surface area is 107 Å². The van der Waals surface area contributed by atoms with Crippen LogP contribution in [0.1, 0.15) is 43.6 Å². The quantitative estimate of drug-likeness (QED) is 0.847. The van der Waals surface area contributed by atoms with Gasteiger partial charge < -0.3 is 15.8 Å². The molecule has 1 heterocycles. The maximum atomic E-state index is 5.90. The smallest absolute Gasteiger partial charge is 0.226 e. The number of rotatable bonds is 4. The predicted molar refractivity (Wildman–Crippen MR) is 69.8 cm³/mol. The van der Waals surface area contributed by atoms with Crippen LogP contribution in [0.4, 0.5) is 5.95 Å². The van der Waals surface area contributed by atoms with E-state index in [1.165, 1.54) is 12.8 Å². The highest BCUT2D eigenvalue weighted by Crippen LogP contribution is 2.43. The van der Waals surface area contributed by atoms with Crippen molar-refractivity contribution in [1.82, 2.24) is 9.97 Å². The zero-order valence-corrected chi connectivity index (χ0v) is 10.7. The molecule has 0 amide bonds. The number of nitrogens with two attached hydrogens (primary N) is 1. The Kier molecular flexibility index (Phi) is 3.07. The summed E-state index contributed by atoms with van der Waals surface area (Å²) in [5.41, 5.74) is 7.05. The van der Waals surface area contributed by atoms with E-state index < -0.39 is 0 Å². The first-order valence-corrected chi connectivity index (χ1v) is 6.69. The van der Waals surface area contributed by atoms with Gasteiger partial charge in [-0.25, -0.2) is 4.98 Å². The molecule has 0 saturated heterocycles. The molecule has 5 nitrogen and oxygen atoms in total. The fourth-order valence-electron chi connectivity index (χ4n) is 2.61. The van der Waals surface area contributed by atoms with E-state index in [4.69, 9.17) is 10.5 Å².